The predicted molar refractivity (Wildman–Crippen MR) is 109 cm³/mol. The number of nitrogens with zero attached hydrogens (tertiary/aromatic N) is 2. The van der Waals surface area contributed by atoms with Crippen LogP contribution in [-0.2, 0) is 6.54 Å². The lowest BCUT2D eigenvalue weighted by Crippen LogP contribution is -2.31. The van der Waals surface area contributed by atoms with Crippen molar-refractivity contribution in [3.63, 3.8) is 0 Å². The molecule has 0 saturated carbocycles. The zero-order valence-electron chi connectivity index (χ0n) is 15.0. The Balaban J connectivity index is 1.60. The topological polar surface area (TPSA) is 52.7 Å². The molecular weight excluding hydrogens is 385 g/mol. The molecule has 27 heavy (non-hydrogen) atoms. The van der Waals surface area contributed by atoms with E-state index in [0.717, 1.165) is 31.5 Å². The van der Waals surface area contributed by atoms with Gasteiger partial charge in [-0.2, -0.15) is 0 Å². The lowest BCUT2D eigenvalue weighted by Gasteiger charge is -2.19. The standard InChI is InChI=1S/C20H21Cl2N3O2/c1-24(13-15-5-4-6-17(21)18(15)22)20(27)23-16-9-7-14(8-10-16)19(26)25-11-2-3-12-25/h4-10H,2-3,11-13H2,1H3,(H,23,27). The van der Waals surface area contributed by atoms with Crippen molar-refractivity contribution >= 4 is 40.8 Å². The highest BCUT2D eigenvalue weighted by Gasteiger charge is 2.19. The molecule has 0 radical (unpaired) electrons. The van der Waals surface area contributed by atoms with Crippen LogP contribution >= 0.6 is 23.2 Å². The minimum absolute atomic E-state index is 0.0399. The van der Waals surface area contributed by atoms with Crippen LogP contribution in [0.2, 0.25) is 10.0 Å². The van der Waals surface area contributed by atoms with Crippen molar-refractivity contribution < 1.29 is 9.59 Å². The van der Waals surface area contributed by atoms with Gasteiger partial charge in [0.25, 0.3) is 5.91 Å². The van der Waals surface area contributed by atoms with Gasteiger partial charge in [-0.15, -0.1) is 0 Å². The number of carbonyl (C=O) groups excluding carboxylic acids is 2. The molecule has 0 unspecified atom stereocenters. The van der Waals surface area contributed by atoms with Crippen LogP contribution in [0.15, 0.2) is 42.5 Å². The van der Waals surface area contributed by atoms with Gasteiger partial charge in [-0.05, 0) is 48.7 Å². The third kappa shape index (κ3) is 4.73. The van der Waals surface area contributed by atoms with Crippen LogP contribution in [0.25, 0.3) is 0 Å². The fourth-order valence-electron chi connectivity index (χ4n) is 3.02. The number of hydrogen-bond donors (Lipinski definition) is 1. The van der Waals surface area contributed by atoms with Crippen LogP contribution < -0.4 is 5.32 Å². The van der Waals surface area contributed by atoms with Crippen molar-refractivity contribution in [2.24, 2.45) is 0 Å². The second kappa shape index (κ2) is 8.63. The zero-order chi connectivity index (χ0) is 19.4. The number of anilines is 1. The van der Waals surface area contributed by atoms with Gasteiger partial charge in [-0.1, -0.05) is 35.3 Å². The molecule has 142 valence electrons. The lowest BCUT2D eigenvalue weighted by molar-refractivity contribution is 0.0793. The molecule has 1 N–H and O–H groups in total. The Morgan fingerprint density at radius 3 is 2.41 bits per heavy atom. The van der Waals surface area contributed by atoms with Crippen LogP contribution in [0.4, 0.5) is 10.5 Å². The highest BCUT2D eigenvalue weighted by atomic mass is 35.5. The second-order valence-corrected chi connectivity index (χ2v) is 7.36. The molecule has 0 atom stereocenters. The summed E-state index contributed by atoms with van der Waals surface area (Å²) in [6.45, 7) is 1.96. The van der Waals surface area contributed by atoms with Gasteiger partial charge in [0.05, 0.1) is 10.0 Å². The first-order chi connectivity index (χ1) is 13.0. The second-order valence-electron chi connectivity index (χ2n) is 6.58. The number of hydrogen-bond acceptors (Lipinski definition) is 2. The molecular formula is C20H21Cl2N3O2. The number of nitrogens with one attached hydrogen (secondary N) is 1. The molecule has 2 aromatic carbocycles. The van der Waals surface area contributed by atoms with E-state index in [1.165, 1.54) is 4.90 Å². The molecule has 2 aromatic rings. The van der Waals surface area contributed by atoms with Crippen molar-refractivity contribution in [2.45, 2.75) is 19.4 Å². The lowest BCUT2D eigenvalue weighted by atomic mass is 10.2. The van der Waals surface area contributed by atoms with Crippen LogP contribution in [0.1, 0.15) is 28.8 Å². The molecule has 3 amide bonds. The summed E-state index contributed by atoms with van der Waals surface area (Å²) in [5.74, 6) is 0.0399. The van der Waals surface area contributed by atoms with Gasteiger partial charge in [0.2, 0.25) is 0 Å². The molecule has 1 aliphatic rings. The monoisotopic (exact) mass is 405 g/mol. The minimum Gasteiger partial charge on any atom is -0.339 e. The van der Waals surface area contributed by atoms with Gasteiger partial charge in [0.15, 0.2) is 0 Å². The van der Waals surface area contributed by atoms with E-state index in [1.807, 2.05) is 11.0 Å². The normalized spacial score (nSPS) is 13.5. The highest BCUT2D eigenvalue weighted by Crippen LogP contribution is 2.26. The summed E-state index contributed by atoms with van der Waals surface area (Å²) in [6.07, 6.45) is 2.12. The first-order valence-corrected chi connectivity index (χ1v) is 9.55. The number of benzene rings is 2. The van der Waals surface area contributed by atoms with E-state index in [2.05, 4.69) is 5.32 Å². The van der Waals surface area contributed by atoms with Crippen LogP contribution in [0, 0.1) is 0 Å². The smallest absolute Gasteiger partial charge is 0.321 e. The van der Waals surface area contributed by atoms with Gasteiger partial charge in [-0.25, -0.2) is 4.79 Å². The number of urea groups is 1. The molecule has 1 saturated heterocycles. The first-order valence-electron chi connectivity index (χ1n) is 8.80. The third-order valence-electron chi connectivity index (χ3n) is 4.56. The number of rotatable bonds is 4. The van der Waals surface area contributed by atoms with Gasteiger partial charge >= 0.3 is 6.03 Å². The molecule has 7 heteroatoms. The molecule has 5 nitrogen and oxygen atoms in total. The number of likely N-dealkylation sites (tertiary alicyclic amines) is 1. The van der Waals surface area contributed by atoms with Crippen LogP contribution in [0.3, 0.4) is 0 Å². The van der Waals surface area contributed by atoms with Crippen LogP contribution in [0.5, 0.6) is 0 Å². The average molecular weight is 406 g/mol. The largest absolute Gasteiger partial charge is 0.339 e. The Kier molecular flexibility index (Phi) is 6.24. The maximum Gasteiger partial charge on any atom is 0.321 e. The highest BCUT2D eigenvalue weighted by molar-refractivity contribution is 6.42. The van der Waals surface area contributed by atoms with Crippen molar-refractivity contribution in [3.8, 4) is 0 Å². The Labute approximate surface area is 168 Å². The summed E-state index contributed by atoms with van der Waals surface area (Å²) in [7, 11) is 1.68. The van der Waals surface area contributed by atoms with E-state index < -0.39 is 0 Å². The Morgan fingerprint density at radius 1 is 1.07 bits per heavy atom. The van der Waals surface area contributed by atoms with E-state index in [4.69, 9.17) is 23.2 Å². The SMILES string of the molecule is CN(Cc1cccc(Cl)c1Cl)C(=O)Nc1ccc(C(=O)N2CCCC2)cc1. The molecule has 1 heterocycles. The van der Waals surface area contributed by atoms with E-state index in [-0.39, 0.29) is 11.9 Å². The van der Waals surface area contributed by atoms with Crippen LogP contribution in [-0.4, -0.2) is 41.9 Å². The molecule has 1 fully saturated rings. The summed E-state index contributed by atoms with van der Waals surface area (Å²) in [6, 6.07) is 12.0. The predicted octanol–water partition coefficient (Wildman–Crippen LogP) is 4.89. The molecule has 0 aliphatic carbocycles. The Bertz CT molecular complexity index is 834. The summed E-state index contributed by atoms with van der Waals surface area (Å²) in [5, 5.41) is 3.72. The first kappa shape index (κ1) is 19.5. The Hall–Kier alpha value is -2.24. The van der Waals surface area contributed by atoms with E-state index in [1.54, 1.807) is 43.4 Å². The van der Waals surface area contributed by atoms with E-state index in [9.17, 15) is 9.59 Å². The maximum absolute atomic E-state index is 12.4. The maximum atomic E-state index is 12.4. The molecule has 0 bridgehead atoms. The van der Waals surface area contributed by atoms with E-state index >= 15 is 0 Å². The number of halogens is 2. The number of carbonyl (C=O) groups is 2. The summed E-state index contributed by atoms with van der Waals surface area (Å²) in [4.78, 5) is 28.1. The van der Waals surface area contributed by atoms with Crippen molar-refractivity contribution in [1.29, 1.82) is 0 Å². The minimum atomic E-state index is -0.273. The van der Waals surface area contributed by atoms with Gasteiger partial charge in [0, 0.05) is 37.9 Å². The number of amides is 3. The summed E-state index contributed by atoms with van der Waals surface area (Å²) >= 11 is 12.2. The van der Waals surface area contributed by atoms with Gasteiger partial charge in [-0.3, -0.25) is 4.79 Å². The Morgan fingerprint density at radius 2 is 1.74 bits per heavy atom. The summed E-state index contributed by atoms with van der Waals surface area (Å²) < 4.78 is 0. The van der Waals surface area contributed by atoms with Crippen molar-refractivity contribution in [3.05, 3.63) is 63.6 Å². The molecule has 3 rings (SSSR count). The van der Waals surface area contributed by atoms with E-state index in [0.29, 0.717) is 27.8 Å². The average Bonchev–Trinajstić information content (AvgIpc) is 3.20. The van der Waals surface area contributed by atoms with Gasteiger partial charge < -0.3 is 15.1 Å². The summed E-state index contributed by atoms with van der Waals surface area (Å²) in [5.41, 5.74) is 2.03. The molecule has 0 aromatic heterocycles. The fourth-order valence-corrected chi connectivity index (χ4v) is 3.40. The quantitative estimate of drug-likeness (QED) is 0.786. The van der Waals surface area contributed by atoms with Gasteiger partial charge in [0.1, 0.15) is 0 Å². The molecule has 0 spiro atoms. The third-order valence-corrected chi connectivity index (χ3v) is 5.42. The van der Waals surface area contributed by atoms with Crippen molar-refractivity contribution in [2.75, 3.05) is 25.5 Å². The van der Waals surface area contributed by atoms with Crippen molar-refractivity contribution in [1.82, 2.24) is 9.80 Å². The zero-order valence-corrected chi connectivity index (χ0v) is 16.6. The fraction of sp³-hybridized carbons (Fsp3) is 0.300. The molecule has 1 aliphatic heterocycles.